The van der Waals surface area contributed by atoms with Crippen molar-refractivity contribution in [2.45, 2.75) is 12.8 Å². The van der Waals surface area contributed by atoms with Crippen LogP contribution in [-0.2, 0) is 0 Å². The first-order chi connectivity index (χ1) is 16.4. The first kappa shape index (κ1) is 22.7. The van der Waals surface area contributed by atoms with Crippen molar-refractivity contribution in [1.82, 2.24) is 25.5 Å². The lowest BCUT2D eigenvalue weighted by molar-refractivity contribution is 0.184. The zero-order valence-electron chi connectivity index (χ0n) is 18.6. The van der Waals surface area contributed by atoms with Gasteiger partial charge in [-0.1, -0.05) is 0 Å². The normalized spacial score (nSPS) is 13.4. The smallest absolute Gasteiger partial charge is 0.404 e. The Morgan fingerprint density at radius 1 is 1.18 bits per heavy atom. The SMILES string of the molecule is COc1cc(OC)c(-c2cc(Nc3cnc(C#N)cn3)n[nH]2)c(OCC2(CNC(=O)O)CC2)c1. The molecule has 12 heteroatoms. The third-order valence-corrected chi connectivity index (χ3v) is 5.47. The number of aromatic amines is 1. The number of benzene rings is 1. The van der Waals surface area contributed by atoms with Crippen LogP contribution in [0.4, 0.5) is 16.4 Å². The van der Waals surface area contributed by atoms with Crippen molar-refractivity contribution in [3.8, 4) is 34.6 Å². The van der Waals surface area contributed by atoms with Crippen LogP contribution in [0.3, 0.4) is 0 Å². The van der Waals surface area contributed by atoms with Gasteiger partial charge in [-0.15, -0.1) is 0 Å². The van der Waals surface area contributed by atoms with E-state index in [1.165, 1.54) is 12.4 Å². The van der Waals surface area contributed by atoms with Gasteiger partial charge in [0.25, 0.3) is 0 Å². The molecule has 4 N–H and O–H groups in total. The van der Waals surface area contributed by atoms with Gasteiger partial charge in [0.2, 0.25) is 0 Å². The minimum atomic E-state index is -1.06. The quantitative estimate of drug-likeness (QED) is 0.349. The zero-order valence-corrected chi connectivity index (χ0v) is 18.6. The van der Waals surface area contributed by atoms with E-state index in [1.54, 1.807) is 32.4 Å². The molecule has 0 aliphatic heterocycles. The number of carbonyl (C=O) groups is 1. The molecule has 1 aliphatic carbocycles. The topological polar surface area (TPSA) is 167 Å². The number of H-pyrrole nitrogens is 1. The third-order valence-electron chi connectivity index (χ3n) is 5.47. The van der Waals surface area contributed by atoms with Crippen LogP contribution < -0.4 is 24.8 Å². The molecule has 0 spiro atoms. The Bertz CT molecular complexity index is 1220. The minimum Gasteiger partial charge on any atom is -0.496 e. The number of carboxylic acid groups (broad SMARTS) is 1. The summed E-state index contributed by atoms with van der Waals surface area (Å²) in [7, 11) is 3.09. The van der Waals surface area contributed by atoms with Crippen molar-refractivity contribution in [1.29, 1.82) is 5.26 Å². The van der Waals surface area contributed by atoms with E-state index in [4.69, 9.17) is 24.6 Å². The second-order valence-corrected chi connectivity index (χ2v) is 7.84. The first-order valence-electron chi connectivity index (χ1n) is 10.4. The fourth-order valence-corrected chi connectivity index (χ4v) is 3.36. The lowest BCUT2D eigenvalue weighted by atomic mass is 10.1. The minimum absolute atomic E-state index is 0.213. The van der Waals surface area contributed by atoms with Crippen LogP contribution in [0.1, 0.15) is 18.5 Å². The monoisotopic (exact) mass is 465 g/mol. The molecule has 1 aliphatic rings. The van der Waals surface area contributed by atoms with Crippen LogP contribution >= 0.6 is 0 Å². The number of rotatable bonds is 10. The van der Waals surface area contributed by atoms with Gasteiger partial charge < -0.3 is 30.0 Å². The van der Waals surface area contributed by atoms with Crippen LogP contribution in [0.5, 0.6) is 17.2 Å². The van der Waals surface area contributed by atoms with Crippen molar-refractivity contribution in [2.24, 2.45) is 5.41 Å². The Morgan fingerprint density at radius 3 is 2.59 bits per heavy atom. The molecule has 4 rings (SSSR count). The van der Waals surface area contributed by atoms with E-state index in [1.807, 2.05) is 6.07 Å². The predicted molar refractivity (Wildman–Crippen MR) is 120 cm³/mol. The summed E-state index contributed by atoms with van der Waals surface area (Å²) in [5, 5.41) is 30.5. The lowest BCUT2D eigenvalue weighted by Gasteiger charge is -2.19. The molecule has 0 saturated heterocycles. The number of aromatic nitrogens is 4. The Labute approximate surface area is 194 Å². The van der Waals surface area contributed by atoms with Crippen LogP contribution in [-0.4, -0.2) is 58.7 Å². The van der Waals surface area contributed by atoms with Crippen LogP contribution in [0.15, 0.2) is 30.6 Å². The first-order valence-corrected chi connectivity index (χ1v) is 10.4. The number of hydrogen-bond acceptors (Lipinski definition) is 9. The number of amides is 1. The molecule has 2 aromatic heterocycles. The van der Waals surface area contributed by atoms with Gasteiger partial charge in [-0.05, 0) is 12.8 Å². The summed E-state index contributed by atoms with van der Waals surface area (Å²) in [5.41, 5.74) is 1.23. The van der Waals surface area contributed by atoms with E-state index in [0.717, 1.165) is 12.8 Å². The predicted octanol–water partition coefficient (Wildman–Crippen LogP) is 2.93. The molecule has 1 amide bonds. The van der Waals surface area contributed by atoms with Gasteiger partial charge in [0.1, 0.15) is 29.1 Å². The molecule has 34 heavy (non-hydrogen) atoms. The average Bonchev–Trinajstić information content (AvgIpc) is 3.49. The van der Waals surface area contributed by atoms with Gasteiger partial charge in [0.05, 0.1) is 44.5 Å². The Hall–Kier alpha value is -4.53. The molecular formula is C22H23N7O5. The fraction of sp³-hybridized carbons (Fsp3) is 0.318. The molecule has 0 atom stereocenters. The van der Waals surface area contributed by atoms with Crippen LogP contribution in [0.25, 0.3) is 11.3 Å². The van der Waals surface area contributed by atoms with Gasteiger partial charge in [0.15, 0.2) is 11.5 Å². The van der Waals surface area contributed by atoms with Gasteiger partial charge >= 0.3 is 6.09 Å². The van der Waals surface area contributed by atoms with Crippen LogP contribution in [0, 0.1) is 16.7 Å². The molecule has 1 saturated carbocycles. The Balaban J connectivity index is 1.59. The average molecular weight is 465 g/mol. The second kappa shape index (κ2) is 9.53. The maximum atomic E-state index is 10.9. The molecule has 1 aromatic carbocycles. The number of methoxy groups -OCH3 is 2. The van der Waals surface area contributed by atoms with Crippen molar-refractivity contribution < 1.29 is 24.1 Å². The van der Waals surface area contributed by atoms with Gasteiger partial charge in [-0.2, -0.15) is 10.4 Å². The molecular weight excluding hydrogens is 442 g/mol. The van der Waals surface area contributed by atoms with Gasteiger partial charge in [-0.25, -0.2) is 14.8 Å². The summed E-state index contributed by atoms with van der Waals surface area (Å²) < 4.78 is 17.2. The highest BCUT2D eigenvalue weighted by Gasteiger charge is 2.44. The highest BCUT2D eigenvalue weighted by atomic mass is 16.5. The molecule has 2 heterocycles. The third kappa shape index (κ3) is 5.09. The lowest BCUT2D eigenvalue weighted by Crippen LogP contribution is -2.32. The van der Waals surface area contributed by atoms with Crippen molar-refractivity contribution in [2.75, 3.05) is 32.7 Å². The number of nitriles is 1. The highest BCUT2D eigenvalue weighted by molar-refractivity contribution is 5.77. The van der Waals surface area contributed by atoms with E-state index in [2.05, 4.69) is 30.8 Å². The van der Waals surface area contributed by atoms with Gasteiger partial charge in [-0.3, -0.25) is 5.10 Å². The maximum absolute atomic E-state index is 10.9. The number of nitrogens with zero attached hydrogens (tertiary/aromatic N) is 4. The summed E-state index contributed by atoms with van der Waals surface area (Å²) in [6, 6.07) is 7.16. The number of hydrogen-bond donors (Lipinski definition) is 4. The molecule has 176 valence electrons. The maximum Gasteiger partial charge on any atom is 0.404 e. The summed E-state index contributed by atoms with van der Waals surface area (Å²) in [4.78, 5) is 19.0. The van der Waals surface area contributed by atoms with Crippen molar-refractivity contribution in [3.05, 3.63) is 36.3 Å². The van der Waals surface area contributed by atoms with E-state index in [0.29, 0.717) is 53.3 Å². The van der Waals surface area contributed by atoms with E-state index >= 15 is 0 Å². The number of anilines is 2. The van der Waals surface area contributed by atoms with Crippen LogP contribution in [0.2, 0.25) is 0 Å². The number of nitrogens with one attached hydrogen (secondary N) is 3. The second-order valence-electron chi connectivity index (χ2n) is 7.84. The molecule has 0 radical (unpaired) electrons. The molecule has 12 nitrogen and oxygen atoms in total. The molecule has 0 unspecified atom stereocenters. The highest BCUT2D eigenvalue weighted by Crippen LogP contribution is 2.47. The summed E-state index contributed by atoms with van der Waals surface area (Å²) in [6.07, 6.45) is 3.48. The Morgan fingerprint density at radius 2 is 1.97 bits per heavy atom. The summed E-state index contributed by atoms with van der Waals surface area (Å²) in [6.45, 7) is 0.652. The summed E-state index contributed by atoms with van der Waals surface area (Å²) >= 11 is 0. The molecule has 1 fully saturated rings. The number of ether oxygens (including phenoxy) is 3. The van der Waals surface area contributed by atoms with Gasteiger partial charge in [0, 0.05) is 30.2 Å². The standard InChI is InChI=1S/C22H23N7O5/c1-32-14-5-16(33-2)20(17(6-14)34-12-22(3-4-22)11-26-21(30)31)15-7-18(29-28-15)27-19-10-24-13(8-23)9-25-19/h5-7,9-10,26H,3-4,11-12H2,1-2H3,(H,30,31)(H2,25,27,28,29). The van der Waals surface area contributed by atoms with E-state index in [9.17, 15) is 4.79 Å². The van der Waals surface area contributed by atoms with Crippen molar-refractivity contribution >= 4 is 17.7 Å². The summed E-state index contributed by atoms with van der Waals surface area (Å²) in [5.74, 6) is 2.47. The largest absolute Gasteiger partial charge is 0.496 e. The van der Waals surface area contributed by atoms with E-state index in [-0.39, 0.29) is 11.1 Å². The fourth-order valence-electron chi connectivity index (χ4n) is 3.36. The van der Waals surface area contributed by atoms with Crippen molar-refractivity contribution in [3.63, 3.8) is 0 Å². The molecule has 3 aromatic rings. The molecule has 0 bridgehead atoms. The Kier molecular flexibility index (Phi) is 6.35. The zero-order chi connectivity index (χ0) is 24.1. The van der Waals surface area contributed by atoms with E-state index < -0.39 is 6.09 Å².